The van der Waals surface area contributed by atoms with Crippen molar-refractivity contribution in [3.05, 3.63) is 59.7 Å². The van der Waals surface area contributed by atoms with Gasteiger partial charge in [-0.2, -0.15) is 5.10 Å². The lowest BCUT2D eigenvalue weighted by molar-refractivity contribution is 0.0690. The molecule has 1 atom stereocenters. The van der Waals surface area contributed by atoms with Gasteiger partial charge in [-0.1, -0.05) is 19.1 Å². The Morgan fingerprint density at radius 3 is 2.96 bits per heavy atom. The summed E-state index contributed by atoms with van der Waals surface area (Å²) in [6, 6.07) is 6.37. The normalized spacial score (nSPS) is 17.1. The summed E-state index contributed by atoms with van der Waals surface area (Å²) in [6.45, 7) is 3.73. The first kappa shape index (κ1) is 18.3. The Labute approximate surface area is 161 Å². The number of carbonyl (C=O) groups is 1. The molecule has 8 nitrogen and oxygen atoms in total. The molecule has 3 heterocycles. The summed E-state index contributed by atoms with van der Waals surface area (Å²) in [5, 5.41) is 14.5. The van der Waals surface area contributed by atoms with Gasteiger partial charge in [0.05, 0.1) is 12.2 Å². The molecule has 0 saturated carbocycles. The summed E-state index contributed by atoms with van der Waals surface area (Å²) in [6.07, 6.45) is 4.98. The molecule has 1 aliphatic heterocycles. The zero-order valence-corrected chi connectivity index (χ0v) is 15.6. The number of piperazine rings is 1. The summed E-state index contributed by atoms with van der Waals surface area (Å²) < 4.78 is 15.7. The van der Waals surface area contributed by atoms with E-state index >= 15 is 0 Å². The molecule has 1 fully saturated rings. The van der Waals surface area contributed by atoms with E-state index in [2.05, 4.69) is 25.6 Å². The van der Waals surface area contributed by atoms with Crippen molar-refractivity contribution in [2.45, 2.75) is 25.8 Å². The van der Waals surface area contributed by atoms with Crippen molar-refractivity contribution < 1.29 is 9.18 Å². The van der Waals surface area contributed by atoms with Gasteiger partial charge in [-0.3, -0.25) is 9.89 Å². The van der Waals surface area contributed by atoms with Crippen molar-refractivity contribution in [3.8, 4) is 5.69 Å². The Balaban J connectivity index is 1.61. The van der Waals surface area contributed by atoms with Crippen LogP contribution in [0.2, 0.25) is 0 Å². The van der Waals surface area contributed by atoms with E-state index in [0.717, 1.165) is 12.0 Å². The zero-order chi connectivity index (χ0) is 19.5. The lowest BCUT2D eigenvalue weighted by Gasteiger charge is -2.32. The van der Waals surface area contributed by atoms with Gasteiger partial charge < -0.3 is 10.2 Å². The molecule has 28 heavy (non-hydrogen) atoms. The summed E-state index contributed by atoms with van der Waals surface area (Å²) in [7, 11) is 0. The Hall–Kier alpha value is -3.07. The molecule has 2 N–H and O–H groups in total. The highest BCUT2D eigenvalue weighted by molar-refractivity contribution is 5.90. The highest BCUT2D eigenvalue weighted by atomic mass is 19.1. The Kier molecular flexibility index (Phi) is 5.16. The number of aromatic nitrogens is 5. The Bertz CT molecular complexity index is 953. The predicted octanol–water partition coefficient (Wildman–Crippen LogP) is 1.87. The number of halogens is 1. The van der Waals surface area contributed by atoms with Gasteiger partial charge >= 0.3 is 0 Å². The van der Waals surface area contributed by atoms with Crippen molar-refractivity contribution in [2.75, 3.05) is 19.6 Å². The van der Waals surface area contributed by atoms with Crippen LogP contribution in [-0.2, 0) is 6.42 Å². The van der Waals surface area contributed by atoms with Crippen LogP contribution in [0.25, 0.3) is 5.69 Å². The van der Waals surface area contributed by atoms with Crippen molar-refractivity contribution in [2.24, 2.45) is 0 Å². The predicted molar refractivity (Wildman–Crippen MR) is 101 cm³/mol. The third-order valence-electron chi connectivity index (χ3n) is 4.80. The number of aromatic amines is 1. The minimum absolute atomic E-state index is 0.000200. The summed E-state index contributed by atoms with van der Waals surface area (Å²) >= 11 is 0. The largest absolute Gasteiger partial charge is 0.333 e. The number of para-hydroxylation sites is 1. The molecule has 9 heteroatoms. The molecule has 146 valence electrons. The van der Waals surface area contributed by atoms with Gasteiger partial charge in [0.15, 0.2) is 0 Å². The average molecular weight is 383 g/mol. The molecule has 4 rings (SSSR count). The summed E-state index contributed by atoms with van der Waals surface area (Å²) in [4.78, 5) is 19.2. The molecule has 1 amide bonds. The molecule has 2 aromatic heterocycles. The van der Waals surface area contributed by atoms with Crippen molar-refractivity contribution in [3.63, 3.8) is 0 Å². The summed E-state index contributed by atoms with van der Waals surface area (Å²) in [5.74, 6) is 0.0328. The van der Waals surface area contributed by atoms with Crippen LogP contribution in [-0.4, -0.2) is 55.4 Å². The first-order chi connectivity index (χ1) is 13.7. The molecule has 0 spiro atoms. The first-order valence-electron chi connectivity index (χ1n) is 9.39. The fourth-order valence-corrected chi connectivity index (χ4v) is 3.39. The highest BCUT2D eigenvalue weighted by Crippen LogP contribution is 2.19. The van der Waals surface area contributed by atoms with Crippen molar-refractivity contribution in [1.29, 1.82) is 0 Å². The number of hydrogen-bond donors (Lipinski definition) is 2. The second-order valence-corrected chi connectivity index (χ2v) is 6.75. The van der Waals surface area contributed by atoms with E-state index < -0.39 is 5.82 Å². The van der Waals surface area contributed by atoms with Gasteiger partial charge in [-0.05, 0) is 18.6 Å². The molecule has 1 saturated heterocycles. The molecular weight excluding hydrogens is 361 g/mol. The quantitative estimate of drug-likeness (QED) is 0.702. The number of hydrogen-bond acceptors (Lipinski definition) is 5. The maximum Gasteiger partial charge on any atom is 0.293 e. The second-order valence-electron chi connectivity index (χ2n) is 6.75. The number of amides is 1. The Morgan fingerprint density at radius 2 is 2.21 bits per heavy atom. The van der Waals surface area contributed by atoms with Crippen LogP contribution in [0.5, 0.6) is 0 Å². The zero-order valence-electron chi connectivity index (χ0n) is 15.6. The van der Waals surface area contributed by atoms with E-state index in [-0.39, 0.29) is 17.8 Å². The minimum Gasteiger partial charge on any atom is -0.333 e. The molecule has 0 aliphatic carbocycles. The third-order valence-corrected chi connectivity index (χ3v) is 4.80. The molecule has 1 aliphatic rings. The van der Waals surface area contributed by atoms with Crippen LogP contribution in [0.15, 0.2) is 36.7 Å². The van der Waals surface area contributed by atoms with Crippen LogP contribution in [0, 0.1) is 5.82 Å². The number of carbonyl (C=O) groups excluding carboxylic acids is 1. The molecule has 0 bridgehead atoms. The fraction of sp³-hybridized carbons (Fsp3) is 0.368. The van der Waals surface area contributed by atoms with E-state index in [1.807, 2.05) is 13.1 Å². The topological polar surface area (TPSA) is 91.7 Å². The lowest BCUT2D eigenvalue weighted by atomic mass is 10.1. The van der Waals surface area contributed by atoms with Gasteiger partial charge in [-0.15, -0.1) is 5.10 Å². The Morgan fingerprint density at radius 1 is 1.36 bits per heavy atom. The van der Waals surface area contributed by atoms with E-state index in [9.17, 15) is 9.18 Å². The minimum atomic E-state index is -0.397. The highest BCUT2D eigenvalue weighted by Gasteiger charge is 2.29. The van der Waals surface area contributed by atoms with Gasteiger partial charge in [0.1, 0.15) is 17.3 Å². The van der Waals surface area contributed by atoms with Gasteiger partial charge in [0, 0.05) is 37.8 Å². The third kappa shape index (κ3) is 3.53. The van der Waals surface area contributed by atoms with Crippen LogP contribution in [0.1, 0.15) is 41.4 Å². The second kappa shape index (κ2) is 7.89. The van der Waals surface area contributed by atoms with Crippen LogP contribution >= 0.6 is 0 Å². The van der Waals surface area contributed by atoms with Crippen LogP contribution in [0.4, 0.5) is 4.39 Å². The standard InChI is InChI=1S/C19H22FN7O/c1-2-5-17-24-18(25-27(17)16-7-4-3-6-14(16)20)19(28)26-9-8-21-15(12-26)13-10-22-23-11-13/h3-4,6-7,10-11,15,21H,2,5,8-9,12H2,1H3,(H,22,23). The van der Waals surface area contributed by atoms with E-state index in [1.165, 1.54) is 10.7 Å². The number of nitrogens with zero attached hydrogens (tertiary/aromatic N) is 5. The van der Waals surface area contributed by atoms with Crippen LogP contribution in [0.3, 0.4) is 0 Å². The van der Waals surface area contributed by atoms with Crippen molar-refractivity contribution in [1.82, 2.24) is 35.2 Å². The molecule has 1 aromatic carbocycles. The lowest BCUT2D eigenvalue weighted by Crippen LogP contribution is -2.48. The average Bonchev–Trinajstić information content (AvgIpc) is 3.39. The smallest absolute Gasteiger partial charge is 0.293 e. The van der Waals surface area contributed by atoms with Crippen molar-refractivity contribution >= 4 is 5.91 Å². The SMILES string of the molecule is CCCc1nc(C(=O)N2CCNC(c3cn[nH]c3)C2)nn1-c1ccccc1F. The maximum absolute atomic E-state index is 14.3. The number of aryl methyl sites for hydroxylation is 1. The number of nitrogens with one attached hydrogen (secondary N) is 2. The first-order valence-corrected chi connectivity index (χ1v) is 9.39. The maximum atomic E-state index is 14.3. The van der Waals surface area contributed by atoms with E-state index in [4.69, 9.17) is 0 Å². The monoisotopic (exact) mass is 383 g/mol. The fourth-order valence-electron chi connectivity index (χ4n) is 3.39. The van der Waals surface area contributed by atoms with Gasteiger partial charge in [-0.25, -0.2) is 14.1 Å². The number of rotatable bonds is 5. The number of H-pyrrole nitrogens is 1. The molecule has 1 unspecified atom stereocenters. The van der Waals surface area contributed by atoms with E-state index in [1.54, 1.807) is 29.3 Å². The van der Waals surface area contributed by atoms with Crippen LogP contribution < -0.4 is 5.32 Å². The summed E-state index contributed by atoms with van der Waals surface area (Å²) in [5.41, 5.74) is 1.29. The van der Waals surface area contributed by atoms with Gasteiger partial charge in [0.25, 0.3) is 5.91 Å². The van der Waals surface area contributed by atoms with E-state index in [0.29, 0.717) is 37.6 Å². The molecular formula is C19H22FN7O. The van der Waals surface area contributed by atoms with Gasteiger partial charge in [0.2, 0.25) is 5.82 Å². The molecule has 0 radical (unpaired) electrons. The number of benzene rings is 1. The molecule has 3 aromatic rings.